The van der Waals surface area contributed by atoms with Gasteiger partial charge in [0.15, 0.2) is 0 Å². The van der Waals surface area contributed by atoms with E-state index in [1.165, 1.54) is 0 Å². The molecule has 1 aliphatic rings. The van der Waals surface area contributed by atoms with Crippen LogP contribution in [0, 0.1) is 11.8 Å². The van der Waals surface area contributed by atoms with Crippen LogP contribution >= 0.6 is 0 Å². The van der Waals surface area contributed by atoms with E-state index in [1.807, 2.05) is 0 Å². The average Bonchev–Trinajstić information content (AvgIpc) is 2.26. The molecule has 0 bridgehead atoms. The number of amides is 1. The molecule has 0 radical (unpaired) electrons. The van der Waals surface area contributed by atoms with Gasteiger partial charge in [-0.1, -0.05) is 0 Å². The third kappa shape index (κ3) is 3.87. The number of aliphatic carboxylic acids is 1. The van der Waals surface area contributed by atoms with E-state index < -0.39 is 5.97 Å². The SMILES string of the molecule is NCC1CCC(C(=O)NCC(=O)O)CC1. The van der Waals surface area contributed by atoms with E-state index in [4.69, 9.17) is 10.8 Å². The van der Waals surface area contributed by atoms with Crippen LogP contribution in [0.2, 0.25) is 0 Å². The van der Waals surface area contributed by atoms with Crippen molar-refractivity contribution in [1.82, 2.24) is 5.32 Å². The van der Waals surface area contributed by atoms with Crippen LogP contribution in [0.1, 0.15) is 25.7 Å². The molecule has 0 atom stereocenters. The van der Waals surface area contributed by atoms with E-state index in [0.29, 0.717) is 12.5 Å². The summed E-state index contributed by atoms with van der Waals surface area (Å²) in [6.45, 7) is 0.402. The largest absolute Gasteiger partial charge is 0.480 e. The van der Waals surface area contributed by atoms with Crippen molar-refractivity contribution in [2.75, 3.05) is 13.1 Å². The molecule has 0 aromatic carbocycles. The highest BCUT2D eigenvalue weighted by molar-refractivity contribution is 5.82. The zero-order valence-corrected chi connectivity index (χ0v) is 8.74. The van der Waals surface area contributed by atoms with Gasteiger partial charge in [0.05, 0.1) is 0 Å². The van der Waals surface area contributed by atoms with Crippen molar-refractivity contribution in [3.8, 4) is 0 Å². The Kier molecular flexibility index (Phi) is 4.55. The van der Waals surface area contributed by atoms with Crippen molar-refractivity contribution in [3.05, 3.63) is 0 Å². The number of carbonyl (C=O) groups excluding carboxylic acids is 1. The highest BCUT2D eigenvalue weighted by Crippen LogP contribution is 2.27. The van der Waals surface area contributed by atoms with Gasteiger partial charge in [-0.25, -0.2) is 0 Å². The molecule has 0 spiro atoms. The predicted molar refractivity (Wildman–Crippen MR) is 55.1 cm³/mol. The van der Waals surface area contributed by atoms with Gasteiger partial charge < -0.3 is 16.2 Å². The second-order valence-electron chi connectivity index (χ2n) is 4.06. The quantitative estimate of drug-likeness (QED) is 0.612. The lowest BCUT2D eigenvalue weighted by molar-refractivity contribution is -0.138. The first-order chi connectivity index (χ1) is 7.13. The molecule has 1 aliphatic carbocycles. The molecular formula is C10H18N2O3. The Morgan fingerprint density at radius 1 is 1.27 bits per heavy atom. The minimum absolute atomic E-state index is 0.0212. The smallest absolute Gasteiger partial charge is 0.322 e. The number of nitrogens with one attached hydrogen (secondary N) is 1. The molecular weight excluding hydrogens is 196 g/mol. The van der Waals surface area contributed by atoms with Gasteiger partial charge in [-0.05, 0) is 38.1 Å². The third-order valence-corrected chi connectivity index (χ3v) is 2.96. The summed E-state index contributed by atoms with van der Waals surface area (Å²) in [7, 11) is 0. The van der Waals surface area contributed by atoms with Crippen LogP contribution < -0.4 is 11.1 Å². The number of hydrogen-bond acceptors (Lipinski definition) is 3. The van der Waals surface area contributed by atoms with Crippen molar-refractivity contribution < 1.29 is 14.7 Å². The van der Waals surface area contributed by atoms with Crippen molar-refractivity contribution in [2.24, 2.45) is 17.6 Å². The number of carboxylic acids is 1. The minimum Gasteiger partial charge on any atom is -0.480 e. The first-order valence-electron chi connectivity index (χ1n) is 5.33. The lowest BCUT2D eigenvalue weighted by Gasteiger charge is -2.26. The molecule has 1 rings (SSSR count). The van der Waals surface area contributed by atoms with Crippen molar-refractivity contribution in [2.45, 2.75) is 25.7 Å². The van der Waals surface area contributed by atoms with Crippen LogP contribution in [0.3, 0.4) is 0 Å². The van der Waals surface area contributed by atoms with Crippen LogP contribution in [0.4, 0.5) is 0 Å². The van der Waals surface area contributed by atoms with Crippen LogP contribution in [0.15, 0.2) is 0 Å². The van der Waals surface area contributed by atoms with Gasteiger partial charge in [0.1, 0.15) is 6.54 Å². The summed E-state index contributed by atoms with van der Waals surface area (Å²) in [5, 5.41) is 10.8. The van der Waals surface area contributed by atoms with E-state index in [2.05, 4.69) is 5.32 Å². The fraction of sp³-hybridized carbons (Fsp3) is 0.800. The zero-order chi connectivity index (χ0) is 11.3. The Bertz CT molecular complexity index is 235. The fourth-order valence-electron chi connectivity index (χ4n) is 1.97. The zero-order valence-electron chi connectivity index (χ0n) is 8.74. The lowest BCUT2D eigenvalue weighted by atomic mass is 9.81. The molecule has 4 N–H and O–H groups in total. The Morgan fingerprint density at radius 3 is 2.33 bits per heavy atom. The Hall–Kier alpha value is -1.10. The topological polar surface area (TPSA) is 92.4 Å². The fourth-order valence-corrected chi connectivity index (χ4v) is 1.97. The first kappa shape index (κ1) is 12.0. The molecule has 1 fully saturated rings. The molecule has 0 heterocycles. The number of carboxylic acid groups (broad SMARTS) is 1. The molecule has 15 heavy (non-hydrogen) atoms. The van der Waals surface area contributed by atoms with E-state index in [-0.39, 0.29) is 18.4 Å². The van der Waals surface area contributed by atoms with E-state index in [1.54, 1.807) is 0 Å². The summed E-state index contributed by atoms with van der Waals surface area (Å²) in [5.74, 6) is -0.618. The summed E-state index contributed by atoms with van der Waals surface area (Å²) in [4.78, 5) is 21.7. The molecule has 0 aromatic rings. The Labute approximate surface area is 89.0 Å². The van der Waals surface area contributed by atoms with Gasteiger partial charge in [0.2, 0.25) is 5.91 Å². The van der Waals surface area contributed by atoms with Crippen molar-refractivity contribution in [1.29, 1.82) is 0 Å². The highest BCUT2D eigenvalue weighted by Gasteiger charge is 2.25. The van der Waals surface area contributed by atoms with Crippen LogP contribution in [-0.4, -0.2) is 30.1 Å². The van der Waals surface area contributed by atoms with Crippen molar-refractivity contribution >= 4 is 11.9 Å². The molecule has 1 amide bonds. The summed E-state index contributed by atoms with van der Waals surface area (Å²) in [6.07, 6.45) is 3.60. The average molecular weight is 214 g/mol. The maximum absolute atomic E-state index is 11.5. The molecule has 5 heteroatoms. The first-order valence-corrected chi connectivity index (χ1v) is 5.33. The monoisotopic (exact) mass is 214 g/mol. The molecule has 0 aliphatic heterocycles. The van der Waals surface area contributed by atoms with E-state index in [0.717, 1.165) is 25.7 Å². The Balaban J connectivity index is 2.27. The van der Waals surface area contributed by atoms with Gasteiger partial charge >= 0.3 is 5.97 Å². The second-order valence-corrected chi connectivity index (χ2v) is 4.06. The molecule has 1 saturated carbocycles. The standard InChI is InChI=1S/C10H18N2O3/c11-5-7-1-3-8(4-2-7)10(15)12-6-9(13)14/h7-8H,1-6,11H2,(H,12,15)(H,13,14). The Morgan fingerprint density at radius 2 is 1.87 bits per heavy atom. The molecule has 5 nitrogen and oxygen atoms in total. The summed E-state index contributed by atoms with van der Waals surface area (Å²) < 4.78 is 0. The number of carbonyl (C=O) groups is 2. The lowest BCUT2D eigenvalue weighted by Crippen LogP contribution is -2.36. The van der Waals surface area contributed by atoms with Crippen LogP contribution in [0.25, 0.3) is 0 Å². The van der Waals surface area contributed by atoms with Gasteiger partial charge in [-0.15, -0.1) is 0 Å². The molecule has 0 unspecified atom stereocenters. The van der Waals surface area contributed by atoms with Crippen molar-refractivity contribution in [3.63, 3.8) is 0 Å². The molecule has 86 valence electrons. The van der Waals surface area contributed by atoms with Gasteiger partial charge in [0, 0.05) is 5.92 Å². The second kappa shape index (κ2) is 5.70. The van der Waals surface area contributed by atoms with Gasteiger partial charge in [0.25, 0.3) is 0 Å². The van der Waals surface area contributed by atoms with Crippen LogP contribution in [-0.2, 0) is 9.59 Å². The summed E-state index contributed by atoms with van der Waals surface area (Å²) in [5.41, 5.74) is 5.54. The number of rotatable bonds is 4. The minimum atomic E-state index is -1.00. The third-order valence-electron chi connectivity index (χ3n) is 2.96. The van der Waals surface area contributed by atoms with Crippen LogP contribution in [0.5, 0.6) is 0 Å². The normalized spacial score (nSPS) is 25.9. The maximum Gasteiger partial charge on any atom is 0.322 e. The summed E-state index contributed by atoms with van der Waals surface area (Å²) >= 11 is 0. The maximum atomic E-state index is 11.5. The molecule has 0 aromatic heterocycles. The van der Waals surface area contributed by atoms with E-state index in [9.17, 15) is 9.59 Å². The summed E-state index contributed by atoms with van der Waals surface area (Å²) in [6, 6.07) is 0. The molecule has 0 saturated heterocycles. The van der Waals surface area contributed by atoms with Gasteiger partial charge in [-0.2, -0.15) is 0 Å². The number of hydrogen-bond donors (Lipinski definition) is 3. The van der Waals surface area contributed by atoms with E-state index >= 15 is 0 Å². The van der Waals surface area contributed by atoms with Gasteiger partial charge in [-0.3, -0.25) is 9.59 Å². The highest BCUT2D eigenvalue weighted by atomic mass is 16.4. The predicted octanol–water partition coefficient (Wildman–Crippen LogP) is -0.0477. The number of nitrogens with two attached hydrogens (primary N) is 1.